The van der Waals surface area contributed by atoms with Crippen molar-refractivity contribution in [3.63, 3.8) is 0 Å². The highest BCUT2D eigenvalue weighted by Gasteiger charge is 2.06. The first kappa shape index (κ1) is 12.5. The van der Waals surface area contributed by atoms with Gasteiger partial charge < -0.3 is 4.74 Å². The van der Waals surface area contributed by atoms with Gasteiger partial charge in [-0.1, -0.05) is 52.8 Å². The second kappa shape index (κ2) is 6.86. The monoisotopic (exact) mass is 284 g/mol. The van der Waals surface area contributed by atoms with Gasteiger partial charge in [-0.3, -0.25) is 0 Å². The minimum atomic E-state index is -1.13. The van der Waals surface area contributed by atoms with Crippen LogP contribution in [0.15, 0.2) is 30.3 Å². The van der Waals surface area contributed by atoms with Crippen molar-refractivity contribution in [2.24, 2.45) is 0 Å². The average molecular weight is 285 g/mol. The largest absolute Gasteiger partial charge is 0.473 e. The molecular formula is C8H7Cl2OPS2. The van der Waals surface area contributed by atoms with Gasteiger partial charge in [0.2, 0.25) is 4.38 Å². The van der Waals surface area contributed by atoms with Gasteiger partial charge in [0.25, 0.3) is 0 Å². The van der Waals surface area contributed by atoms with E-state index in [1.54, 1.807) is 0 Å². The van der Waals surface area contributed by atoms with Crippen molar-refractivity contribution >= 4 is 56.3 Å². The lowest BCUT2D eigenvalue weighted by molar-refractivity contribution is 0.310. The lowest BCUT2D eigenvalue weighted by Gasteiger charge is -2.06. The van der Waals surface area contributed by atoms with Crippen LogP contribution in [0.1, 0.15) is 5.56 Å². The second-order valence-corrected chi connectivity index (χ2v) is 9.30. The smallest absolute Gasteiger partial charge is 0.226 e. The van der Waals surface area contributed by atoms with E-state index in [2.05, 4.69) is 0 Å². The molecule has 0 unspecified atom stereocenters. The van der Waals surface area contributed by atoms with Gasteiger partial charge in [-0.05, 0) is 29.2 Å². The van der Waals surface area contributed by atoms with E-state index in [0.717, 1.165) is 5.56 Å². The molecule has 0 bridgehead atoms. The van der Waals surface area contributed by atoms with Crippen molar-refractivity contribution in [3.05, 3.63) is 35.9 Å². The van der Waals surface area contributed by atoms with Gasteiger partial charge in [0, 0.05) is 0 Å². The van der Waals surface area contributed by atoms with E-state index in [-0.39, 0.29) is 0 Å². The molecule has 76 valence electrons. The molecule has 1 aromatic carbocycles. The Kier molecular flexibility index (Phi) is 6.15. The lowest BCUT2D eigenvalue weighted by Crippen LogP contribution is -1.95. The summed E-state index contributed by atoms with van der Waals surface area (Å²) in [6.45, 7) is 0.462. The van der Waals surface area contributed by atoms with Crippen LogP contribution in [0, 0.1) is 0 Å². The van der Waals surface area contributed by atoms with Gasteiger partial charge in [-0.2, -0.15) is 0 Å². The summed E-state index contributed by atoms with van der Waals surface area (Å²) in [6.07, 6.45) is 0. The highest BCUT2D eigenvalue weighted by Crippen LogP contribution is 2.59. The molecule has 0 aliphatic heterocycles. The first-order valence-corrected chi connectivity index (χ1v) is 8.67. The molecule has 0 aromatic heterocycles. The van der Waals surface area contributed by atoms with Crippen molar-refractivity contribution in [1.82, 2.24) is 0 Å². The minimum absolute atomic E-state index is 0.393. The second-order valence-electron chi connectivity index (χ2n) is 2.32. The molecule has 1 rings (SSSR count). The Morgan fingerprint density at radius 2 is 2.00 bits per heavy atom. The zero-order valence-electron chi connectivity index (χ0n) is 7.02. The van der Waals surface area contributed by atoms with Crippen LogP contribution in [0.2, 0.25) is 0 Å². The van der Waals surface area contributed by atoms with Gasteiger partial charge >= 0.3 is 0 Å². The van der Waals surface area contributed by atoms with E-state index in [0.29, 0.717) is 11.0 Å². The summed E-state index contributed by atoms with van der Waals surface area (Å²) in [4.78, 5) is 0. The molecule has 0 aliphatic rings. The van der Waals surface area contributed by atoms with Crippen LogP contribution in [-0.2, 0) is 11.3 Å². The van der Waals surface area contributed by atoms with Crippen LogP contribution < -0.4 is 0 Å². The van der Waals surface area contributed by atoms with E-state index in [1.165, 1.54) is 11.4 Å². The third-order valence-corrected chi connectivity index (χ3v) is 4.64. The quantitative estimate of drug-likeness (QED) is 0.576. The third-order valence-electron chi connectivity index (χ3n) is 1.34. The van der Waals surface area contributed by atoms with Crippen LogP contribution >= 0.6 is 51.9 Å². The Labute approximate surface area is 103 Å². The Morgan fingerprint density at radius 3 is 2.57 bits per heavy atom. The normalized spacial score (nSPS) is 10.2. The maximum Gasteiger partial charge on any atom is 0.226 e. The van der Waals surface area contributed by atoms with Crippen LogP contribution in [-0.4, -0.2) is 4.38 Å². The topological polar surface area (TPSA) is 9.23 Å². The summed E-state index contributed by atoms with van der Waals surface area (Å²) >= 11 is 17.3. The molecule has 0 amide bonds. The summed E-state index contributed by atoms with van der Waals surface area (Å²) in [6, 6.07) is 9.79. The fourth-order valence-corrected chi connectivity index (χ4v) is 4.11. The molecule has 0 saturated heterocycles. The highest BCUT2D eigenvalue weighted by atomic mass is 35.9. The van der Waals surface area contributed by atoms with E-state index in [4.69, 9.17) is 39.4 Å². The van der Waals surface area contributed by atoms with Gasteiger partial charge in [0.05, 0.1) is 0 Å². The molecule has 0 saturated carbocycles. The zero-order valence-corrected chi connectivity index (χ0v) is 11.1. The number of benzene rings is 1. The molecule has 0 atom stereocenters. The molecule has 0 aliphatic carbocycles. The number of halogens is 2. The first-order chi connectivity index (χ1) is 6.68. The molecule has 0 heterocycles. The fourth-order valence-electron chi connectivity index (χ4n) is 0.799. The van der Waals surface area contributed by atoms with E-state index >= 15 is 0 Å². The molecule has 1 aromatic rings. The van der Waals surface area contributed by atoms with Crippen molar-refractivity contribution in [2.75, 3.05) is 0 Å². The van der Waals surface area contributed by atoms with Gasteiger partial charge in [0.1, 0.15) is 6.61 Å². The zero-order chi connectivity index (χ0) is 10.4. The van der Waals surface area contributed by atoms with Crippen LogP contribution in [0.4, 0.5) is 0 Å². The third kappa shape index (κ3) is 5.38. The van der Waals surface area contributed by atoms with E-state index in [9.17, 15) is 0 Å². The van der Waals surface area contributed by atoms with Crippen molar-refractivity contribution < 1.29 is 4.74 Å². The van der Waals surface area contributed by atoms with Crippen molar-refractivity contribution in [2.45, 2.75) is 6.61 Å². The summed E-state index contributed by atoms with van der Waals surface area (Å²) in [5.41, 5.74) is 1.07. The Balaban J connectivity index is 2.31. The van der Waals surface area contributed by atoms with Gasteiger partial charge in [-0.15, -0.1) is 0 Å². The minimum Gasteiger partial charge on any atom is -0.473 e. The Bertz CT molecular complexity index is 295. The van der Waals surface area contributed by atoms with Crippen LogP contribution in [0.25, 0.3) is 0 Å². The standard InChI is InChI=1S/C8H7Cl2OPS2/c9-12(10)14-8(13)11-6-7-4-2-1-3-5-7/h1-5H,6H2. The number of thiocarbonyl (C=S) groups is 1. The highest BCUT2D eigenvalue weighted by molar-refractivity contribution is 8.77. The summed E-state index contributed by atoms with van der Waals surface area (Å²) < 4.78 is 5.67. The molecule has 6 heteroatoms. The fraction of sp³-hybridized carbons (Fsp3) is 0.125. The Morgan fingerprint density at radius 1 is 1.36 bits per heavy atom. The summed E-state index contributed by atoms with van der Waals surface area (Å²) in [5, 5.41) is 0. The van der Waals surface area contributed by atoms with Crippen LogP contribution in [0.3, 0.4) is 0 Å². The maximum atomic E-state index is 5.58. The molecular weight excluding hydrogens is 278 g/mol. The van der Waals surface area contributed by atoms with Gasteiger partial charge in [-0.25, -0.2) is 0 Å². The lowest BCUT2D eigenvalue weighted by atomic mass is 10.2. The van der Waals surface area contributed by atoms with E-state index < -0.39 is 5.83 Å². The predicted octanol–water partition coefficient (Wildman–Crippen LogP) is 4.93. The first-order valence-electron chi connectivity index (χ1n) is 3.69. The summed E-state index contributed by atoms with van der Waals surface area (Å²) in [5.74, 6) is -1.13. The molecule has 0 spiro atoms. The molecule has 0 fully saturated rings. The van der Waals surface area contributed by atoms with Gasteiger partial charge in [0.15, 0.2) is 5.83 Å². The average Bonchev–Trinajstić information content (AvgIpc) is 2.15. The maximum absolute atomic E-state index is 5.58. The SMILES string of the molecule is S=C(OCc1ccccc1)SP(Cl)Cl. The predicted molar refractivity (Wildman–Crippen MR) is 70.0 cm³/mol. The van der Waals surface area contributed by atoms with Crippen molar-refractivity contribution in [1.29, 1.82) is 0 Å². The number of rotatable bonds is 3. The Hall–Kier alpha value is 0.470. The molecule has 1 nitrogen and oxygen atoms in total. The molecule has 0 N–H and O–H groups in total. The van der Waals surface area contributed by atoms with Crippen molar-refractivity contribution in [3.8, 4) is 0 Å². The van der Waals surface area contributed by atoms with E-state index in [1.807, 2.05) is 30.3 Å². The molecule has 14 heavy (non-hydrogen) atoms. The van der Waals surface area contributed by atoms with Crippen LogP contribution in [0.5, 0.6) is 0 Å². The summed E-state index contributed by atoms with van der Waals surface area (Å²) in [7, 11) is 0. The number of hydrogen-bond donors (Lipinski definition) is 0. The molecule has 0 radical (unpaired) electrons. The number of hydrogen-bond acceptors (Lipinski definition) is 3. The number of ether oxygens (including phenoxy) is 1.